The van der Waals surface area contributed by atoms with Gasteiger partial charge in [0, 0.05) is 6.42 Å². The zero-order valence-electron chi connectivity index (χ0n) is 9.28. The Bertz CT molecular complexity index is 445. The first-order chi connectivity index (χ1) is 7.56. The van der Waals surface area contributed by atoms with Gasteiger partial charge in [-0.05, 0) is 6.92 Å². The second-order valence-corrected chi connectivity index (χ2v) is 5.70. The number of carboxylic acids is 1. The number of nitrogens with zero attached hydrogens (tertiary/aromatic N) is 1. The SMILES string of the molecule is C[C@@]1(C(=O)O)C[C@@H](OS(C)(=O)=O)CN1C(=O)O. The highest BCUT2D eigenvalue weighted by molar-refractivity contribution is 7.86. The highest BCUT2D eigenvalue weighted by Gasteiger charge is 2.51. The van der Waals surface area contributed by atoms with E-state index in [1.54, 1.807) is 0 Å². The summed E-state index contributed by atoms with van der Waals surface area (Å²) >= 11 is 0. The molecule has 1 aliphatic rings. The number of likely N-dealkylation sites (tertiary alicyclic amines) is 1. The Morgan fingerprint density at radius 1 is 1.41 bits per heavy atom. The van der Waals surface area contributed by atoms with E-state index in [1.165, 1.54) is 6.92 Å². The van der Waals surface area contributed by atoms with Crippen molar-refractivity contribution in [3.63, 3.8) is 0 Å². The van der Waals surface area contributed by atoms with Crippen molar-refractivity contribution in [3.8, 4) is 0 Å². The average molecular weight is 267 g/mol. The van der Waals surface area contributed by atoms with E-state index in [0.717, 1.165) is 6.26 Å². The van der Waals surface area contributed by atoms with Crippen molar-refractivity contribution in [2.24, 2.45) is 0 Å². The number of aliphatic carboxylic acids is 1. The summed E-state index contributed by atoms with van der Waals surface area (Å²) in [5.74, 6) is -1.33. The Morgan fingerprint density at radius 3 is 2.24 bits per heavy atom. The van der Waals surface area contributed by atoms with Gasteiger partial charge in [-0.3, -0.25) is 9.08 Å². The molecule has 0 saturated carbocycles. The lowest BCUT2D eigenvalue weighted by atomic mass is 9.99. The van der Waals surface area contributed by atoms with Crippen LogP contribution in [0.1, 0.15) is 13.3 Å². The number of rotatable bonds is 3. The van der Waals surface area contributed by atoms with Gasteiger partial charge >= 0.3 is 12.1 Å². The zero-order chi connectivity index (χ0) is 13.4. The van der Waals surface area contributed by atoms with E-state index >= 15 is 0 Å². The fourth-order valence-corrected chi connectivity index (χ4v) is 2.45. The second kappa shape index (κ2) is 4.15. The average Bonchev–Trinajstić information content (AvgIpc) is 2.40. The quantitative estimate of drug-likeness (QED) is 0.664. The number of hydrogen-bond acceptors (Lipinski definition) is 5. The molecule has 0 aliphatic carbocycles. The number of amides is 1. The molecule has 2 N–H and O–H groups in total. The molecule has 1 amide bonds. The predicted molar refractivity (Wildman–Crippen MR) is 55.1 cm³/mol. The molecule has 8 nitrogen and oxygen atoms in total. The monoisotopic (exact) mass is 267 g/mol. The third-order valence-corrected chi connectivity index (χ3v) is 3.23. The Kier molecular flexibility index (Phi) is 3.35. The van der Waals surface area contributed by atoms with Crippen LogP contribution in [-0.2, 0) is 19.1 Å². The lowest BCUT2D eigenvalue weighted by Crippen LogP contribution is -2.50. The van der Waals surface area contributed by atoms with Gasteiger partial charge in [0.2, 0.25) is 0 Å². The summed E-state index contributed by atoms with van der Waals surface area (Å²) < 4.78 is 26.4. The molecule has 98 valence electrons. The molecule has 0 radical (unpaired) electrons. The van der Waals surface area contributed by atoms with E-state index in [9.17, 15) is 18.0 Å². The van der Waals surface area contributed by atoms with Crippen LogP contribution in [-0.4, -0.2) is 60.0 Å². The van der Waals surface area contributed by atoms with E-state index in [2.05, 4.69) is 4.18 Å². The van der Waals surface area contributed by atoms with Crippen molar-refractivity contribution in [3.05, 3.63) is 0 Å². The van der Waals surface area contributed by atoms with Crippen molar-refractivity contribution in [2.45, 2.75) is 25.0 Å². The first kappa shape index (κ1) is 13.7. The largest absolute Gasteiger partial charge is 0.480 e. The minimum Gasteiger partial charge on any atom is -0.480 e. The third kappa shape index (κ3) is 2.86. The molecular weight excluding hydrogens is 254 g/mol. The summed E-state index contributed by atoms with van der Waals surface area (Å²) in [6.45, 7) is 0.931. The normalized spacial score (nSPS) is 29.3. The minimum absolute atomic E-state index is 0.207. The Hall–Kier alpha value is -1.35. The van der Waals surface area contributed by atoms with Crippen LogP contribution in [0.4, 0.5) is 4.79 Å². The van der Waals surface area contributed by atoms with E-state index in [1.807, 2.05) is 0 Å². The molecule has 0 aromatic heterocycles. The first-order valence-electron chi connectivity index (χ1n) is 4.68. The summed E-state index contributed by atoms with van der Waals surface area (Å²) in [4.78, 5) is 22.6. The van der Waals surface area contributed by atoms with Crippen molar-refractivity contribution in [1.82, 2.24) is 4.90 Å². The van der Waals surface area contributed by atoms with Crippen LogP contribution in [0.25, 0.3) is 0 Å². The molecule has 17 heavy (non-hydrogen) atoms. The van der Waals surface area contributed by atoms with Crippen LogP contribution in [0, 0.1) is 0 Å². The number of hydrogen-bond donors (Lipinski definition) is 2. The minimum atomic E-state index is -3.75. The highest BCUT2D eigenvalue weighted by atomic mass is 32.2. The molecule has 0 spiro atoms. The van der Waals surface area contributed by atoms with Gasteiger partial charge in [0.1, 0.15) is 5.54 Å². The van der Waals surface area contributed by atoms with E-state index in [-0.39, 0.29) is 13.0 Å². The lowest BCUT2D eigenvalue weighted by molar-refractivity contribution is -0.147. The number of carbonyl (C=O) groups is 2. The molecule has 0 bridgehead atoms. The molecule has 2 atom stereocenters. The van der Waals surface area contributed by atoms with Crippen molar-refractivity contribution in [2.75, 3.05) is 12.8 Å². The van der Waals surface area contributed by atoms with Crippen molar-refractivity contribution < 1.29 is 32.4 Å². The van der Waals surface area contributed by atoms with Crippen LogP contribution in [0.15, 0.2) is 0 Å². The summed E-state index contributed by atoms with van der Waals surface area (Å²) in [5.41, 5.74) is -1.67. The van der Waals surface area contributed by atoms with Gasteiger partial charge in [-0.25, -0.2) is 9.59 Å². The molecule has 1 aliphatic heterocycles. The zero-order valence-corrected chi connectivity index (χ0v) is 10.1. The van der Waals surface area contributed by atoms with Crippen LogP contribution in [0.3, 0.4) is 0 Å². The maximum atomic E-state index is 11.0. The van der Waals surface area contributed by atoms with E-state index in [4.69, 9.17) is 10.2 Å². The summed E-state index contributed by atoms with van der Waals surface area (Å²) in [6, 6.07) is 0. The molecule has 1 rings (SSSR count). The van der Waals surface area contributed by atoms with Gasteiger partial charge in [-0.15, -0.1) is 0 Å². The molecular formula is C8H13NO7S. The highest BCUT2D eigenvalue weighted by Crippen LogP contribution is 2.31. The van der Waals surface area contributed by atoms with Crippen molar-refractivity contribution >= 4 is 22.2 Å². The molecule has 1 saturated heterocycles. The van der Waals surface area contributed by atoms with Gasteiger partial charge in [0.25, 0.3) is 10.1 Å². The fourth-order valence-electron chi connectivity index (χ4n) is 1.83. The fraction of sp³-hybridized carbons (Fsp3) is 0.750. The third-order valence-electron chi connectivity index (χ3n) is 2.61. The molecule has 1 fully saturated rings. The number of carboxylic acid groups (broad SMARTS) is 2. The predicted octanol–water partition coefficient (Wildman–Crippen LogP) is -0.442. The van der Waals surface area contributed by atoms with Gasteiger partial charge in [0.05, 0.1) is 18.9 Å². The molecule has 1 heterocycles. The summed E-state index contributed by atoms with van der Waals surface area (Å²) in [7, 11) is -3.75. The van der Waals surface area contributed by atoms with E-state index < -0.39 is 33.8 Å². The Balaban J connectivity index is 2.95. The van der Waals surface area contributed by atoms with E-state index in [0.29, 0.717) is 4.90 Å². The Labute approximate surface area is 97.9 Å². The molecule has 9 heteroatoms. The van der Waals surface area contributed by atoms with Crippen LogP contribution in [0.2, 0.25) is 0 Å². The van der Waals surface area contributed by atoms with Gasteiger partial charge in [-0.2, -0.15) is 8.42 Å². The maximum Gasteiger partial charge on any atom is 0.408 e. The molecule has 0 unspecified atom stereocenters. The topological polar surface area (TPSA) is 121 Å². The second-order valence-electron chi connectivity index (χ2n) is 4.10. The first-order valence-corrected chi connectivity index (χ1v) is 6.50. The van der Waals surface area contributed by atoms with Gasteiger partial charge in [0.15, 0.2) is 0 Å². The van der Waals surface area contributed by atoms with Crippen molar-refractivity contribution in [1.29, 1.82) is 0 Å². The maximum absolute atomic E-state index is 11.0. The van der Waals surface area contributed by atoms with Crippen LogP contribution < -0.4 is 0 Å². The summed E-state index contributed by atoms with van der Waals surface area (Å²) in [5, 5.41) is 17.9. The van der Waals surface area contributed by atoms with Gasteiger partial charge in [-0.1, -0.05) is 0 Å². The van der Waals surface area contributed by atoms with Crippen LogP contribution >= 0.6 is 0 Å². The lowest BCUT2D eigenvalue weighted by Gasteiger charge is -2.27. The summed E-state index contributed by atoms with van der Waals surface area (Å²) in [6.07, 6.45) is -1.77. The standard InChI is InChI=1S/C8H13NO7S/c1-8(6(10)11)3-5(16-17(2,14)15)4-9(8)7(12)13/h5H,3-4H2,1-2H3,(H,10,11)(H,12,13)/t5-,8+/m1/s1. The Morgan fingerprint density at radius 2 is 1.94 bits per heavy atom. The molecule has 0 aromatic rings. The molecule has 0 aromatic carbocycles. The van der Waals surface area contributed by atoms with Gasteiger partial charge < -0.3 is 10.2 Å². The van der Waals surface area contributed by atoms with Crippen LogP contribution in [0.5, 0.6) is 0 Å². The smallest absolute Gasteiger partial charge is 0.408 e.